The van der Waals surface area contributed by atoms with E-state index < -0.39 is 0 Å². The summed E-state index contributed by atoms with van der Waals surface area (Å²) in [5, 5.41) is 3.37. The van der Waals surface area contributed by atoms with Gasteiger partial charge in [0.25, 0.3) is 0 Å². The molecule has 1 saturated carbocycles. The van der Waals surface area contributed by atoms with Gasteiger partial charge in [-0.2, -0.15) is 0 Å². The Hall–Kier alpha value is -0.300. The van der Waals surface area contributed by atoms with Crippen LogP contribution in [0.3, 0.4) is 0 Å². The predicted octanol–water partition coefficient (Wildman–Crippen LogP) is 2.73. The zero-order valence-corrected chi connectivity index (χ0v) is 8.40. The molecule has 1 N–H and O–H groups in total. The van der Waals surface area contributed by atoms with Crippen molar-refractivity contribution in [1.82, 2.24) is 5.32 Å². The van der Waals surface area contributed by atoms with Crippen molar-refractivity contribution in [2.75, 3.05) is 7.05 Å². The van der Waals surface area contributed by atoms with Gasteiger partial charge >= 0.3 is 0 Å². The third kappa shape index (κ3) is 2.34. The van der Waals surface area contributed by atoms with Crippen LogP contribution in [0.4, 0.5) is 0 Å². The van der Waals surface area contributed by atoms with Crippen LogP contribution in [0.1, 0.15) is 39.0 Å². The van der Waals surface area contributed by atoms with Crippen LogP contribution in [0.5, 0.6) is 0 Å². The maximum absolute atomic E-state index is 4.04. The summed E-state index contributed by atoms with van der Waals surface area (Å²) in [6.07, 6.45) is 7.03. The number of nitrogens with one attached hydrogen (secondary N) is 1. The fraction of sp³-hybridized carbons (Fsp3) is 0.818. The second-order valence-corrected chi connectivity index (χ2v) is 4.01. The summed E-state index contributed by atoms with van der Waals surface area (Å²) in [5.41, 5.74) is 1.30. The Morgan fingerprint density at radius 3 is 2.33 bits per heavy atom. The summed E-state index contributed by atoms with van der Waals surface area (Å²) in [7, 11) is 2.05. The average molecular weight is 167 g/mol. The van der Waals surface area contributed by atoms with E-state index in [1.54, 1.807) is 0 Å². The van der Waals surface area contributed by atoms with Gasteiger partial charge in [-0.05, 0) is 32.7 Å². The molecular formula is C11H21N. The van der Waals surface area contributed by atoms with Crippen LogP contribution < -0.4 is 5.32 Å². The van der Waals surface area contributed by atoms with Crippen molar-refractivity contribution in [3.05, 3.63) is 12.2 Å². The lowest BCUT2D eigenvalue weighted by Gasteiger charge is -2.30. The van der Waals surface area contributed by atoms with Crippen molar-refractivity contribution >= 4 is 0 Å². The molecule has 1 nitrogen and oxygen atoms in total. The molecule has 0 spiro atoms. The zero-order valence-electron chi connectivity index (χ0n) is 8.40. The predicted molar refractivity (Wildman–Crippen MR) is 54.2 cm³/mol. The van der Waals surface area contributed by atoms with E-state index in [4.69, 9.17) is 0 Å². The molecule has 0 aromatic carbocycles. The first-order valence-corrected chi connectivity index (χ1v) is 5.08. The quantitative estimate of drug-likeness (QED) is 0.637. The summed E-state index contributed by atoms with van der Waals surface area (Å²) < 4.78 is 0. The van der Waals surface area contributed by atoms with Gasteiger partial charge in [-0.15, -0.1) is 0 Å². The number of hydrogen-bond acceptors (Lipinski definition) is 1. The Kier molecular flexibility index (Phi) is 3.80. The molecule has 1 rings (SSSR count). The molecule has 1 unspecified atom stereocenters. The Labute approximate surface area is 76.2 Å². The lowest BCUT2D eigenvalue weighted by atomic mass is 9.82. The molecule has 0 aromatic rings. The highest BCUT2D eigenvalue weighted by Crippen LogP contribution is 2.28. The first-order chi connectivity index (χ1) is 5.75. The normalized spacial score (nSPS) is 22.2. The monoisotopic (exact) mass is 167 g/mol. The molecule has 0 amide bonds. The van der Waals surface area contributed by atoms with Crippen LogP contribution in [0, 0.1) is 5.92 Å². The fourth-order valence-electron chi connectivity index (χ4n) is 2.35. The van der Waals surface area contributed by atoms with E-state index in [2.05, 4.69) is 18.8 Å². The van der Waals surface area contributed by atoms with Crippen LogP contribution in [0.2, 0.25) is 0 Å². The second-order valence-electron chi connectivity index (χ2n) is 4.01. The molecule has 0 heterocycles. The van der Waals surface area contributed by atoms with Gasteiger partial charge in [0.1, 0.15) is 0 Å². The Morgan fingerprint density at radius 1 is 1.33 bits per heavy atom. The van der Waals surface area contributed by atoms with Crippen molar-refractivity contribution in [3.63, 3.8) is 0 Å². The molecule has 1 atom stereocenters. The number of rotatable bonds is 3. The van der Waals surface area contributed by atoms with Crippen molar-refractivity contribution in [2.24, 2.45) is 5.92 Å². The molecule has 12 heavy (non-hydrogen) atoms. The largest absolute Gasteiger partial charge is 0.313 e. The minimum atomic E-state index is 0.560. The summed E-state index contributed by atoms with van der Waals surface area (Å²) in [6.45, 7) is 6.17. The SMILES string of the molecule is C=C(C)C(NC)C1CCCCC1. The Morgan fingerprint density at radius 2 is 1.92 bits per heavy atom. The van der Waals surface area contributed by atoms with Crippen molar-refractivity contribution in [3.8, 4) is 0 Å². The minimum Gasteiger partial charge on any atom is -0.313 e. The van der Waals surface area contributed by atoms with Crippen LogP contribution in [0.15, 0.2) is 12.2 Å². The van der Waals surface area contributed by atoms with Gasteiger partial charge in [-0.25, -0.2) is 0 Å². The second kappa shape index (κ2) is 4.66. The lowest BCUT2D eigenvalue weighted by Crippen LogP contribution is -2.35. The maximum Gasteiger partial charge on any atom is 0.0299 e. The first-order valence-electron chi connectivity index (χ1n) is 5.08. The van der Waals surface area contributed by atoms with Gasteiger partial charge in [-0.1, -0.05) is 31.4 Å². The van der Waals surface area contributed by atoms with E-state index >= 15 is 0 Å². The summed E-state index contributed by atoms with van der Waals surface area (Å²) in [5.74, 6) is 0.848. The van der Waals surface area contributed by atoms with E-state index in [1.165, 1.54) is 37.7 Å². The van der Waals surface area contributed by atoms with Crippen LogP contribution in [0.25, 0.3) is 0 Å². The molecule has 1 heteroatoms. The average Bonchev–Trinajstić information content (AvgIpc) is 2.07. The highest BCUT2D eigenvalue weighted by molar-refractivity contribution is 5.04. The van der Waals surface area contributed by atoms with E-state index in [9.17, 15) is 0 Å². The molecule has 0 radical (unpaired) electrons. The molecule has 0 aromatic heterocycles. The molecule has 0 bridgehead atoms. The Bertz CT molecular complexity index is 145. The molecule has 0 saturated heterocycles. The summed E-state index contributed by atoms with van der Waals surface area (Å²) in [4.78, 5) is 0. The van der Waals surface area contributed by atoms with Crippen molar-refractivity contribution < 1.29 is 0 Å². The van der Waals surface area contributed by atoms with E-state index in [1.807, 2.05) is 7.05 Å². The molecule has 0 aliphatic heterocycles. The van der Waals surface area contributed by atoms with Crippen LogP contribution >= 0.6 is 0 Å². The maximum atomic E-state index is 4.04. The number of likely N-dealkylation sites (N-methyl/N-ethyl adjacent to an activating group) is 1. The topological polar surface area (TPSA) is 12.0 Å². The molecule has 1 fully saturated rings. The molecule has 70 valence electrons. The van der Waals surface area contributed by atoms with Crippen molar-refractivity contribution in [1.29, 1.82) is 0 Å². The third-order valence-electron chi connectivity index (χ3n) is 2.96. The minimum absolute atomic E-state index is 0.560. The summed E-state index contributed by atoms with van der Waals surface area (Å²) >= 11 is 0. The van der Waals surface area contributed by atoms with E-state index in [0.717, 1.165) is 5.92 Å². The van der Waals surface area contributed by atoms with E-state index in [0.29, 0.717) is 6.04 Å². The molecular weight excluding hydrogens is 146 g/mol. The number of hydrogen-bond donors (Lipinski definition) is 1. The fourth-order valence-corrected chi connectivity index (χ4v) is 2.35. The summed E-state index contributed by atoms with van der Waals surface area (Å²) in [6, 6.07) is 0.560. The standard InChI is InChI=1S/C11H21N/c1-9(2)11(12-3)10-7-5-4-6-8-10/h10-12H,1,4-8H2,2-3H3. The Balaban J connectivity index is 2.46. The van der Waals surface area contributed by atoms with Gasteiger partial charge < -0.3 is 5.32 Å². The van der Waals surface area contributed by atoms with Gasteiger partial charge in [0.15, 0.2) is 0 Å². The smallest absolute Gasteiger partial charge is 0.0299 e. The first kappa shape index (κ1) is 9.79. The van der Waals surface area contributed by atoms with Gasteiger partial charge in [0.05, 0.1) is 0 Å². The highest BCUT2D eigenvalue weighted by Gasteiger charge is 2.22. The lowest BCUT2D eigenvalue weighted by molar-refractivity contribution is 0.302. The van der Waals surface area contributed by atoms with Crippen molar-refractivity contribution in [2.45, 2.75) is 45.1 Å². The van der Waals surface area contributed by atoms with Crippen LogP contribution in [-0.2, 0) is 0 Å². The zero-order chi connectivity index (χ0) is 8.97. The molecule has 1 aliphatic rings. The van der Waals surface area contributed by atoms with E-state index in [-0.39, 0.29) is 0 Å². The molecule has 1 aliphatic carbocycles. The van der Waals surface area contributed by atoms with Crippen LogP contribution in [-0.4, -0.2) is 13.1 Å². The van der Waals surface area contributed by atoms with Gasteiger partial charge in [0, 0.05) is 6.04 Å². The highest BCUT2D eigenvalue weighted by atomic mass is 14.9. The van der Waals surface area contributed by atoms with Gasteiger partial charge in [0.2, 0.25) is 0 Å². The third-order valence-corrected chi connectivity index (χ3v) is 2.96. The van der Waals surface area contributed by atoms with Gasteiger partial charge in [-0.3, -0.25) is 0 Å².